The zero-order valence-electron chi connectivity index (χ0n) is 26.6. The maximum atomic E-state index is 12.8. The van der Waals surface area contributed by atoms with Crippen LogP contribution in [0.2, 0.25) is 0 Å². The lowest BCUT2D eigenvalue weighted by molar-refractivity contribution is 0.0664. The summed E-state index contributed by atoms with van der Waals surface area (Å²) in [5.41, 5.74) is 11.0. The number of carbonyl (C=O) groups is 2. The van der Waals surface area contributed by atoms with Gasteiger partial charge in [-0.1, -0.05) is 6.07 Å². The summed E-state index contributed by atoms with van der Waals surface area (Å²) in [6.45, 7) is 5.87. The Morgan fingerprint density at radius 2 is 1.49 bits per heavy atom. The predicted octanol–water partition coefficient (Wildman–Crippen LogP) is 4.17. The van der Waals surface area contributed by atoms with E-state index in [9.17, 15) is 9.59 Å². The van der Waals surface area contributed by atoms with Crippen molar-refractivity contribution < 1.29 is 14.3 Å². The molecule has 3 amide bonds. The van der Waals surface area contributed by atoms with E-state index < -0.39 is 0 Å². The molecule has 47 heavy (non-hydrogen) atoms. The largest absolute Gasteiger partial charge is 0.404 e. The number of anilines is 3. The van der Waals surface area contributed by atoms with Crippen LogP contribution in [0.1, 0.15) is 15.9 Å². The normalized spacial score (nSPS) is 16.1. The van der Waals surface area contributed by atoms with E-state index in [0.717, 1.165) is 59.6 Å². The van der Waals surface area contributed by atoms with E-state index in [1.54, 1.807) is 37.5 Å². The standard InChI is InChI=1S/C35H39N9O3/c1-37-23-27(22-36)26-7-12-30-31(21-26)40-32(41-33(30)43-17-19-47-20-18-43)24-3-8-28(9-4-24)38-35(46)39-29-10-5-25(6-11-29)34(45)44-15-13-42(2)14-16-44/h3-12,21-23H,13-20,36H2,1-2H3,(H2,38,39,46). The Balaban J connectivity index is 1.17. The molecule has 3 aromatic carbocycles. The molecule has 12 heteroatoms. The molecule has 2 aliphatic heterocycles. The van der Waals surface area contributed by atoms with Crippen LogP contribution in [0.4, 0.5) is 22.0 Å². The van der Waals surface area contributed by atoms with Gasteiger partial charge in [-0.05, 0) is 73.3 Å². The van der Waals surface area contributed by atoms with Crippen molar-refractivity contribution >= 4 is 51.8 Å². The Bertz CT molecular complexity index is 1790. The van der Waals surface area contributed by atoms with Crippen molar-refractivity contribution in [3.05, 3.63) is 84.1 Å². The predicted molar refractivity (Wildman–Crippen MR) is 187 cm³/mol. The third kappa shape index (κ3) is 7.40. The molecule has 0 atom stereocenters. The molecule has 12 nitrogen and oxygen atoms in total. The van der Waals surface area contributed by atoms with Gasteiger partial charge >= 0.3 is 6.03 Å². The van der Waals surface area contributed by atoms with Crippen molar-refractivity contribution in [3.63, 3.8) is 0 Å². The van der Waals surface area contributed by atoms with E-state index in [0.29, 0.717) is 49.1 Å². The average molecular weight is 634 g/mol. The van der Waals surface area contributed by atoms with Crippen LogP contribution < -0.4 is 21.3 Å². The third-order valence-electron chi connectivity index (χ3n) is 8.35. The van der Waals surface area contributed by atoms with Gasteiger partial charge in [-0.15, -0.1) is 0 Å². The number of hydrogen-bond acceptors (Lipinski definition) is 9. The number of morpholine rings is 1. The molecule has 0 saturated carbocycles. The zero-order chi connectivity index (χ0) is 32.8. The van der Waals surface area contributed by atoms with E-state index in [4.69, 9.17) is 20.4 Å². The highest BCUT2D eigenvalue weighted by atomic mass is 16.5. The molecule has 6 rings (SSSR count). The fourth-order valence-corrected chi connectivity index (χ4v) is 5.67. The second-order valence-corrected chi connectivity index (χ2v) is 11.5. The van der Waals surface area contributed by atoms with Crippen molar-refractivity contribution in [1.29, 1.82) is 0 Å². The van der Waals surface area contributed by atoms with Gasteiger partial charge in [-0.25, -0.2) is 14.8 Å². The summed E-state index contributed by atoms with van der Waals surface area (Å²) >= 11 is 0. The monoisotopic (exact) mass is 633 g/mol. The molecule has 1 aromatic heterocycles. The van der Waals surface area contributed by atoms with Crippen LogP contribution in [0, 0.1) is 0 Å². The zero-order valence-corrected chi connectivity index (χ0v) is 26.6. The van der Waals surface area contributed by atoms with E-state index in [1.165, 1.54) is 6.20 Å². The van der Waals surface area contributed by atoms with Crippen molar-refractivity contribution in [2.75, 3.05) is 82.1 Å². The van der Waals surface area contributed by atoms with E-state index in [2.05, 4.69) is 32.5 Å². The minimum atomic E-state index is -0.389. The Morgan fingerprint density at radius 1 is 0.851 bits per heavy atom. The van der Waals surface area contributed by atoms with Crippen molar-refractivity contribution in [2.45, 2.75) is 0 Å². The summed E-state index contributed by atoms with van der Waals surface area (Å²) in [5, 5.41) is 6.65. The number of nitrogens with zero attached hydrogens (tertiary/aromatic N) is 6. The van der Waals surface area contributed by atoms with Gasteiger partial charge in [0.2, 0.25) is 0 Å². The Labute approximate surface area is 273 Å². The Morgan fingerprint density at radius 3 is 2.13 bits per heavy atom. The summed E-state index contributed by atoms with van der Waals surface area (Å²) in [7, 11) is 3.76. The number of piperazine rings is 1. The van der Waals surface area contributed by atoms with Gasteiger partial charge in [0.25, 0.3) is 5.91 Å². The lowest BCUT2D eigenvalue weighted by Crippen LogP contribution is -2.47. The minimum Gasteiger partial charge on any atom is -0.404 e. The fourth-order valence-electron chi connectivity index (χ4n) is 5.67. The highest BCUT2D eigenvalue weighted by Gasteiger charge is 2.21. The number of likely N-dealkylation sites (N-methyl/N-ethyl adjacent to an activating group) is 1. The van der Waals surface area contributed by atoms with Crippen molar-refractivity contribution in [1.82, 2.24) is 19.8 Å². The number of rotatable bonds is 7. The van der Waals surface area contributed by atoms with E-state index >= 15 is 0 Å². The first-order valence-electron chi connectivity index (χ1n) is 15.7. The van der Waals surface area contributed by atoms with Crippen LogP contribution in [0.25, 0.3) is 27.9 Å². The van der Waals surface area contributed by atoms with Crippen LogP contribution in [-0.4, -0.2) is 104 Å². The highest BCUT2D eigenvalue weighted by molar-refractivity contribution is 6.11. The van der Waals surface area contributed by atoms with Gasteiger partial charge in [0.15, 0.2) is 5.82 Å². The molecule has 0 radical (unpaired) electrons. The number of ether oxygens (including phenoxy) is 1. The number of hydrogen-bond donors (Lipinski definition) is 3. The quantitative estimate of drug-likeness (QED) is 0.258. The van der Waals surface area contributed by atoms with Gasteiger partial charge in [0.05, 0.1) is 18.7 Å². The maximum Gasteiger partial charge on any atom is 0.323 e. The number of amides is 3. The smallest absolute Gasteiger partial charge is 0.323 e. The summed E-state index contributed by atoms with van der Waals surface area (Å²) in [4.78, 5) is 46.0. The van der Waals surface area contributed by atoms with Gasteiger partial charge < -0.3 is 35.8 Å². The topological polar surface area (TPSA) is 141 Å². The van der Waals surface area contributed by atoms with Gasteiger partial charge in [0, 0.05) is 92.2 Å². The second-order valence-electron chi connectivity index (χ2n) is 11.5. The SMILES string of the molecule is CN=CC(=CN)c1ccc2c(N3CCOCC3)nc(-c3ccc(NC(=O)Nc4ccc(C(=O)N5CCN(C)CC5)cc4)cc3)nc2c1. The molecule has 0 bridgehead atoms. The van der Waals surface area contributed by atoms with Gasteiger partial charge in [-0.2, -0.15) is 0 Å². The first-order chi connectivity index (χ1) is 22.9. The number of allylic oxidation sites excluding steroid dienone is 1. The van der Waals surface area contributed by atoms with Gasteiger partial charge in [0.1, 0.15) is 5.82 Å². The molecule has 0 aliphatic carbocycles. The van der Waals surface area contributed by atoms with Crippen LogP contribution in [0.15, 0.2) is 77.9 Å². The lowest BCUT2D eigenvalue weighted by atomic mass is 10.0. The number of nitrogens with one attached hydrogen (secondary N) is 2. The Hall–Kier alpha value is -5.33. The molecule has 242 valence electrons. The summed E-state index contributed by atoms with van der Waals surface area (Å²) in [6.07, 6.45) is 3.26. The Kier molecular flexibility index (Phi) is 9.69. The molecule has 0 unspecified atom stereocenters. The molecule has 2 aliphatic rings. The summed E-state index contributed by atoms with van der Waals surface area (Å²) < 4.78 is 5.59. The van der Waals surface area contributed by atoms with Crippen LogP contribution in [0.5, 0.6) is 0 Å². The molecular formula is C35H39N9O3. The summed E-state index contributed by atoms with van der Waals surface area (Å²) in [6, 6.07) is 20.0. The molecule has 2 saturated heterocycles. The third-order valence-corrected chi connectivity index (χ3v) is 8.35. The molecule has 4 aromatic rings. The molecule has 3 heterocycles. The van der Waals surface area contributed by atoms with Gasteiger partial charge in [-0.3, -0.25) is 9.79 Å². The van der Waals surface area contributed by atoms with Crippen LogP contribution in [0.3, 0.4) is 0 Å². The molecular weight excluding hydrogens is 594 g/mol. The number of aliphatic imine (C=N–C) groups is 1. The minimum absolute atomic E-state index is 0.00480. The first-order valence-corrected chi connectivity index (χ1v) is 15.7. The fraction of sp³-hybridized carbons (Fsp3) is 0.286. The number of carbonyl (C=O) groups excluding carboxylic acids is 2. The maximum absolute atomic E-state index is 12.8. The molecule has 0 spiro atoms. The number of benzene rings is 3. The van der Waals surface area contributed by atoms with Crippen molar-refractivity contribution in [2.24, 2.45) is 10.7 Å². The molecule has 4 N–H and O–H groups in total. The number of aromatic nitrogens is 2. The highest BCUT2D eigenvalue weighted by Crippen LogP contribution is 2.30. The second kappa shape index (κ2) is 14.4. The van der Waals surface area contributed by atoms with Crippen molar-refractivity contribution in [3.8, 4) is 11.4 Å². The van der Waals surface area contributed by atoms with Crippen LogP contribution >= 0.6 is 0 Å². The lowest BCUT2D eigenvalue weighted by Gasteiger charge is -2.32. The number of fused-ring (bicyclic) bond motifs is 1. The average Bonchev–Trinajstić information content (AvgIpc) is 3.11. The van der Waals surface area contributed by atoms with Crippen LogP contribution in [-0.2, 0) is 4.74 Å². The van der Waals surface area contributed by atoms with E-state index in [-0.39, 0.29) is 11.9 Å². The number of nitrogens with two attached hydrogens (primary N) is 1. The first kappa shape index (κ1) is 31.6. The number of urea groups is 1. The summed E-state index contributed by atoms with van der Waals surface area (Å²) in [5.74, 6) is 1.42. The van der Waals surface area contributed by atoms with E-state index in [1.807, 2.05) is 47.4 Å². The molecule has 2 fully saturated rings.